The second-order valence-corrected chi connectivity index (χ2v) is 7.39. The van der Waals surface area contributed by atoms with Crippen LogP contribution in [0.2, 0.25) is 0 Å². The summed E-state index contributed by atoms with van der Waals surface area (Å²) < 4.78 is 0. The van der Waals surface area contributed by atoms with Gasteiger partial charge in [-0.3, -0.25) is 0 Å². The van der Waals surface area contributed by atoms with Crippen LogP contribution in [0, 0.1) is 13.8 Å². The van der Waals surface area contributed by atoms with Gasteiger partial charge in [-0.2, -0.15) is 0 Å². The standard InChI is InChI=1S/C22H21N3S/c1-15-8-9-18(16(2)12-15)19-13-26-22-20(19)21(24-14-25-22)23-11-10-17-6-4-3-5-7-17/h3-9,12-14H,10-11H2,1-2H3,(H,23,24,25). The molecule has 2 aromatic heterocycles. The Morgan fingerprint density at radius 2 is 1.81 bits per heavy atom. The molecule has 2 aromatic carbocycles. The fourth-order valence-electron chi connectivity index (χ4n) is 3.29. The minimum atomic E-state index is 0.846. The zero-order chi connectivity index (χ0) is 17.9. The van der Waals surface area contributed by atoms with Crippen molar-refractivity contribution in [3.63, 3.8) is 0 Å². The summed E-state index contributed by atoms with van der Waals surface area (Å²) in [5.74, 6) is 0.919. The van der Waals surface area contributed by atoms with Gasteiger partial charge in [0.15, 0.2) is 0 Å². The zero-order valence-electron chi connectivity index (χ0n) is 15.0. The maximum Gasteiger partial charge on any atom is 0.138 e. The van der Waals surface area contributed by atoms with Gasteiger partial charge in [0, 0.05) is 17.5 Å². The van der Waals surface area contributed by atoms with Crippen LogP contribution in [0.25, 0.3) is 21.3 Å². The van der Waals surface area contributed by atoms with E-state index in [1.54, 1.807) is 17.7 Å². The molecule has 4 rings (SSSR count). The number of anilines is 1. The van der Waals surface area contributed by atoms with Crippen LogP contribution < -0.4 is 5.32 Å². The first kappa shape index (κ1) is 16.7. The van der Waals surface area contributed by atoms with E-state index in [1.807, 2.05) is 6.07 Å². The summed E-state index contributed by atoms with van der Waals surface area (Å²) in [4.78, 5) is 10.0. The molecular weight excluding hydrogens is 338 g/mol. The predicted molar refractivity (Wildman–Crippen MR) is 111 cm³/mol. The van der Waals surface area contributed by atoms with Crippen molar-refractivity contribution in [3.05, 3.63) is 76.9 Å². The molecule has 0 fully saturated rings. The van der Waals surface area contributed by atoms with Gasteiger partial charge >= 0.3 is 0 Å². The van der Waals surface area contributed by atoms with Gasteiger partial charge in [-0.25, -0.2) is 9.97 Å². The van der Waals surface area contributed by atoms with E-state index in [2.05, 4.69) is 77.0 Å². The van der Waals surface area contributed by atoms with Crippen LogP contribution in [-0.2, 0) is 6.42 Å². The predicted octanol–water partition coefficient (Wildman–Crippen LogP) is 5.63. The second kappa shape index (κ2) is 7.26. The van der Waals surface area contributed by atoms with Gasteiger partial charge in [-0.15, -0.1) is 11.3 Å². The average Bonchev–Trinajstić information content (AvgIpc) is 3.07. The summed E-state index contributed by atoms with van der Waals surface area (Å²) >= 11 is 1.67. The summed E-state index contributed by atoms with van der Waals surface area (Å²) in [6, 6.07) is 17.1. The summed E-state index contributed by atoms with van der Waals surface area (Å²) in [6.07, 6.45) is 2.62. The van der Waals surface area contributed by atoms with Crippen LogP contribution in [0.1, 0.15) is 16.7 Å². The van der Waals surface area contributed by atoms with Crippen molar-refractivity contribution in [1.29, 1.82) is 0 Å². The highest BCUT2D eigenvalue weighted by Crippen LogP contribution is 2.37. The number of hydrogen-bond donors (Lipinski definition) is 1. The third kappa shape index (κ3) is 3.33. The normalized spacial score (nSPS) is 11.0. The lowest BCUT2D eigenvalue weighted by atomic mass is 9.99. The lowest BCUT2D eigenvalue weighted by Gasteiger charge is -2.10. The van der Waals surface area contributed by atoms with Crippen molar-refractivity contribution in [2.45, 2.75) is 20.3 Å². The zero-order valence-corrected chi connectivity index (χ0v) is 15.8. The van der Waals surface area contributed by atoms with E-state index in [0.717, 1.165) is 29.0 Å². The molecule has 0 unspecified atom stereocenters. The van der Waals surface area contributed by atoms with Crippen molar-refractivity contribution in [2.24, 2.45) is 0 Å². The van der Waals surface area contributed by atoms with E-state index in [9.17, 15) is 0 Å². The minimum absolute atomic E-state index is 0.846. The number of benzene rings is 2. The Labute approximate surface area is 157 Å². The third-order valence-corrected chi connectivity index (χ3v) is 5.48. The van der Waals surface area contributed by atoms with Crippen molar-refractivity contribution in [3.8, 4) is 11.1 Å². The number of rotatable bonds is 5. The highest BCUT2D eigenvalue weighted by molar-refractivity contribution is 7.17. The maximum absolute atomic E-state index is 4.53. The Hall–Kier alpha value is -2.72. The first-order valence-corrected chi connectivity index (χ1v) is 9.68. The van der Waals surface area contributed by atoms with Crippen LogP contribution in [0.5, 0.6) is 0 Å². The number of aromatic nitrogens is 2. The number of nitrogens with one attached hydrogen (secondary N) is 1. The molecule has 0 bridgehead atoms. The van der Waals surface area contributed by atoms with Gasteiger partial charge in [0.1, 0.15) is 17.0 Å². The van der Waals surface area contributed by atoms with Gasteiger partial charge in [-0.05, 0) is 37.0 Å². The van der Waals surface area contributed by atoms with Crippen LogP contribution in [0.4, 0.5) is 5.82 Å². The second-order valence-electron chi connectivity index (χ2n) is 6.53. The minimum Gasteiger partial charge on any atom is -0.369 e. The summed E-state index contributed by atoms with van der Waals surface area (Å²) in [6.45, 7) is 5.14. The Morgan fingerprint density at radius 3 is 2.62 bits per heavy atom. The van der Waals surface area contributed by atoms with Gasteiger partial charge < -0.3 is 5.32 Å². The van der Waals surface area contributed by atoms with Gasteiger partial charge in [0.2, 0.25) is 0 Å². The molecule has 130 valence electrons. The van der Waals surface area contributed by atoms with Crippen LogP contribution in [0.15, 0.2) is 60.2 Å². The first-order valence-electron chi connectivity index (χ1n) is 8.80. The quantitative estimate of drug-likeness (QED) is 0.502. The summed E-state index contributed by atoms with van der Waals surface area (Å²) in [5.41, 5.74) is 6.35. The molecular formula is C22H21N3S. The molecule has 26 heavy (non-hydrogen) atoms. The molecule has 0 saturated carbocycles. The largest absolute Gasteiger partial charge is 0.369 e. The molecule has 4 aromatic rings. The molecule has 0 aliphatic rings. The van der Waals surface area contributed by atoms with Gasteiger partial charge in [-0.1, -0.05) is 54.1 Å². The van der Waals surface area contributed by atoms with Crippen LogP contribution in [-0.4, -0.2) is 16.5 Å². The van der Waals surface area contributed by atoms with Crippen LogP contribution in [0.3, 0.4) is 0 Å². The highest BCUT2D eigenvalue weighted by atomic mass is 32.1. The third-order valence-electron chi connectivity index (χ3n) is 4.59. The van der Waals surface area contributed by atoms with E-state index in [4.69, 9.17) is 0 Å². The van der Waals surface area contributed by atoms with E-state index in [-0.39, 0.29) is 0 Å². The SMILES string of the molecule is Cc1ccc(-c2csc3ncnc(NCCc4ccccc4)c23)c(C)c1. The monoisotopic (exact) mass is 359 g/mol. The maximum atomic E-state index is 4.53. The van der Waals surface area contributed by atoms with E-state index >= 15 is 0 Å². The lowest BCUT2D eigenvalue weighted by Crippen LogP contribution is -2.07. The van der Waals surface area contributed by atoms with Crippen molar-refractivity contribution in [2.75, 3.05) is 11.9 Å². The smallest absolute Gasteiger partial charge is 0.138 e. The number of thiophene rings is 1. The molecule has 0 aliphatic heterocycles. The fraction of sp³-hybridized carbons (Fsp3) is 0.182. The van der Waals surface area contributed by atoms with Gasteiger partial charge in [0.25, 0.3) is 0 Å². The Morgan fingerprint density at radius 1 is 0.962 bits per heavy atom. The summed E-state index contributed by atoms with van der Waals surface area (Å²) in [7, 11) is 0. The molecule has 2 heterocycles. The van der Waals surface area contributed by atoms with E-state index < -0.39 is 0 Å². The number of nitrogens with zero attached hydrogens (tertiary/aromatic N) is 2. The molecule has 1 N–H and O–H groups in total. The Balaban J connectivity index is 1.66. The highest BCUT2D eigenvalue weighted by Gasteiger charge is 2.14. The molecule has 0 saturated heterocycles. The van der Waals surface area contributed by atoms with E-state index in [1.165, 1.54) is 27.8 Å². The topological polar surface area (TPSA) is 37.8 Å². The molecule has 0 atom stereocenters. The molecule has 4 heteroatoms. The van der Waals surface area contributed by atoms with Crippen molar-refractivity contribution < 1.29 is 0 Å². The first-order chi connectivity index (χ1) is 12.7. The molecule has 3 nitrogen and oxygen atoms in total. The average molecular weight is 359 g/mol. The number of aryl methyl sites for hydroxylation is 2. The molecule has 0 radical (unpaired) electrons. The molecule has 0 amide bonds. The number of hydrogen-bond acceptors (Lipinski definition) is 4. The Kier molecular flexibility index (Phi) is 4.67. The van der Waals surface area contributed by atoms with Crippen molar-refractivity contribution in [1.82, 2.24) is 9.97 Å². The summed E-state index contributed by atoms with van der Waals surface area (Å²) in [5, 5.41) is 6.84. The molecule has 0 spiro atoms. The Bertz CT molecular complexity index is 1040. The van der Waals surface area contributed by atoms with Gasteiger partial charge in [0.05, 0.1) is 5.39 Å². The van der Waals surface area contributed by atoms with Crippen molar-refractivity contribution >= 4 is 27.4 Å². The lowest BCUT2D eigenvalue weighted by molar-refractivity contribution is 1.01. The molecule has 0 aliphatic carbocycles. The van der Waals surface area contributed by atoms with E-state index in [0.29, 0.717) is 0 Å². The van der Waals surface area contributed by atoms with Crippen LogP contribution >= 0.6 is 11.3 Å². The number of fused-ring (bicyclic) bond motifs is 1. The fourth-order valence-corrected chi connectivity index (χ4v) is 4.20.